The second-order valence-electron chi connectivity index (χ2n) is 5.85. The van der Waals surface area contributed by atoms with Crippen molar-refractivity contribution in [2.75, 3.05) is 19.0 Å². The van der Waals surface area contributed by atoms with Crippen LogP contribution in [-0.2, 0) is 6.54 Å². The van der Waals surface area contributed by atoms with Crippen LogP contribution < -0.4 is 10.1 Å². The highest BCUT2D eigenvalue weighted by Crippen LogP contribution is 2.24. The second-order valence-corrected chi connectivity index (χ2v) is 5.85. The number of methoxy groups -OCH3 is 1. The number of benzene rings is 1. The van der Waals surface area contributed by atoms with Gasteiger partial charge in [0, 0.05) is 31.0 Å². The van der Waals surface area contributed by atoms with E-state index >= 15 is 0 Å². The molecule has 0 aliphatic rings. The Hall–Kier alpha value is -3.42. The van der Waals surface area contributed by atoms with Crippen molar-refractivity contribution in [1.82, 2.24) is 29.4 Å². The molecule has 1 aromatic carbocycles. The lowest BCUT2D eigenvalue weighted by atomic mass is 10.1. The fraction of sp³-hybridized carbons (Fsp3) is 0.222. The van der Waals surface area contributed by atoms with Gasteiger partial charge in [-0.05, 0) is 36.8 Å². The summed E-state index contributed by atoms with van der Waals surface area (Å²) < 4.78 is 8.97. The zero-order valence-corrected chi connectivity index (χ0v) is 14.4. The molecule has 0 radical (unpaired) electrons. The molecule has 0 aliphatic heterocycles. The molecular weight excluding hydrogens is 330 g/mol. The first kappa shape index (κ1) is 16.1. The number of aryl methyl sites for hydroxylation is 1. The van der Waals surface area contributed by atoms with Crippen molar-refractivity contribution in [1.29, 1.82) is 0 Å². The Morgan fingerprint density at radius 2 is 2.04 bits per heavy atom. The Balaban J connectivity index is 1.54. The molecule has 0 atom stereocenters. The predicted molar refractivity (Wildman–Crippen MR) is 98.1 cm³/mol. The zero-order chi connectivity index (χ0) is 17.8. The van der Waals surface area contributed by atoms with Gasteiger partial charge in [0.1, 0.15) is 12.1 Å². The number of hydrogen-bond acceptors (Lipinski definition) is 6. The largest absolute Gasteiger partial charge is 0.497 e. The summed E-state index contributed by atoms with van der Waals surface area (Å²) in [7, 11) is 1.66. The average molecular weight is 349 g/mol. The number of nitrogens with one attached hydrogen (secondary N) is 1. The molecule has 0 spiro atoms. The first-order chi connectivity index (χ1) is 12.8. The third-order valence-corrected chi connectivity index (χ3v) is 4.12. The van der Waals surface area contributed by atoms with Gasteiger partial charge in [-0.1, -0.05) is 0 Å². The van der Waals surface area contributed by atoms with Crippen LogP contribution >= 0.6 is 0 Å². The Morgan fingerprint density at radius 3 is 2.81 bits per heavy atom. The normalized spacial score (nSPS) is 11.0. The SMILES string of the molecule is COc1ccc(-c2cc(NCCCn3ccnc3)c3nncn3n2)cc1. The monoisotopic (exact) mass is 349 g/mol. The van der Waals surface area contributed by atoms with E-state index in [9.17, 15) is 0 Å². The number of nitrogens with zero attached hydrogens (tertiary/aromatic N) is 6. The number of imidazole rings is 1. The third-order valence-electron chi connectivity index (χ3n) is 4.12. The molecule has 0 fully saturated rings. The molecule has 4 aromatic rings. The molecule has 0 saturated carbocycles. The van der Waals surface area contributed by atoms with Crippen molar-refractivity contribution in [2.45, 2.75) is 13.0 Å². The summed E-state index contributed by atoms with van der Waals surface area (Å²) in [5.74, 6) is 0.817. The molecule has 3 heterocycles. The number of hydrogen-bond donors (Lipinski definition) is 1. The molecule has 0 bridgehead atoms. The summed E-state index contributed by atoms with van der Waals surface area (Å²) >= 11 is 0. The average Bonchev–Trinajstić information content (AvgIpc) is 3.36. The minimum absolute atomic E-state index is 0.713. The van der Waals surface area contributed by atoms with Gasteiger partial charge in [-0.15, -0.1) is 10.2 Å². The van der Waals surface area contributed by atoms with Crippen molar-refractivity contribution in [3.05, 3.63) is 55.4 Å². The van der Waals surface area contributed by atoms with Crippen LogP contribution in [0.2, 0.25) is 0 Å². The van der Waals surface area contributed by atoms with Crippen molar-refractivity contribution < 1.29 is 4.74 Å². The fourth-order valence-corrected chi connectivity index (χ4v) is 2.76. The first-order valence-electron chi connectivity index (χ1n) is 8.38. The van der Waals surface area contributed by atoms with Gasteiger partial charge < -0.3 is 14.6 Å². The minimum Gasteiger partial charge on any atom is -0.497 e. The predicted octanol–water partition coefficient (Wildman–Crippen LogP) is 2.50. The van der Waals surface area contributed by atoms with Gasteiger partial charge in [0.15, 0.2) is 0 Å². The summed E-state index contributed by atoms with van der Waals surface area (Å²) in [6.45, 7) is 1.72. The summed E-state index contributed by atoms with van der Waals surface area (Å²) in [6.07, 6.45) is 8.16. The molecule has 132 valence electrons. The molecule has 0 unspecified atom stereocenters. The van der Waals surface area contributed by atoms with E-state index in [0.717, 1.165) is 42.2 Å². The highest BCUT2D eigenvalue weighted by atomic mass is 16.5. The number of rotatable bonds is 7. The maximum atomic E-state index is 5.22. The third kappa shape index (κ3) is 3.34. The van der Waals surface area contributed by atoms with Crippen LogP contribution in [0.4, 0.5) is 5.69 Å². The molecule has 0 saturated heterocycles. The van der Waals surface area contributed by atoms with E-state index in [1.165, 1.54) is 0 Å². The lowest BCUT2D eigenvalue weighted by molar-refractivity contribution is 0.415. The van der Waals surface area contributed by atoms with Crippen molar-refractivity contribution in [3.63, 3.8) is 0 Å². The molecular formula is C18H19N7O. The molecule has 0 amide bonds. The standard InChI is InChI=1S/C18H19N7O/c1-26-15-5-3-14(4-6-15)16-11-17(18-22-21-13-25(18)23-16)20-7-2-9-24-10-8-19-12-24/h3-6,8,10-13,20H,2,7,9H2,1H3. The van der Waals surface area contributed by atoms with Crippen LogP contribution in [0, 0.1) is 0 Å². The van der Waals surface area contributed by atoms with E-state index < -0.39 is 0 Å². The summed E-state index contributed by atoms with van der Waals surface area (Å²) in [6, 6.07) is 9.82. The second kappa shape index (κ2) is 7.22. The smallest absolute Gasteiger partial charge is 0.200 e. The van der Waals surface area contributed by atoms with Crippen LogP contribution in [0.25, 0.3) is 16.9 Å². The van der Waals surface area contributed by atoms with E-state index in [1.807, 2.05) is 42.9 Å². The number of aromatic nitrogens is 6. The molecule has 1 N–H and O–H groups in total. The Bertz CT molecular complexity index is 977. The fourth-order valence-electron chi connectivity index (χ4n) is 2.76. The van der Waals surface area contributed by atoms with Gasteiger partial charge in [0.25, 0.3) is 0 Å². The van der Waals surface area contributed by atoms with E-state index in [1.54, 1.807) is 24.1 Å². The maximum Gasteiger partial charge on any atom is 0.200 e. The van der Waals surface area contributed by atoms with Gasteiger partial charge in [-0.3, -0.25) is 0 Å². The van der Waals surface area contributed by atoms with E-state index in [2.05, 4.69) is 30.2 Å². The Labute approximate surface area is 150 Å². The van der Waals surface area contributed by atoms with Gasteiger partial charge >= 0.3 is 0 Å². The molecule has 4 rings (SSSR count). The van der Waals surface area contributed by atoms with Crippen molar-refractivity contribution >= 4 is 11.3 Å². The van der Waals surface area contributed by atoms with Crippen LogP contribution in [0.15, 0.2) is 55.4 Å². The summed E-state index contributed by atoms with van der Waals surface area (Å²) in [4.78, 5) is 4.05. The summed E-state index contributed by atoms with van der Waals surface area (Å²) in [5, 5.41) is 16.2. The molecule has 8 heteroatoms. The lowest BCUT2D eigenvalue weighted by Gasteiger charge is -2.10. The van der Waals surface area contributed by atoms with Crippen LogP contribution in [0.5, 0.6) is 5.75 Å². The topological polar surface area (TPSA) is 82.2 Å². The molecule has 3 aromatic heterocycles. The highest BCUT2D eigenvalue weighted by Gasteiger charge is 2.09. The number of fused-ring (bicyclic) bond motifs is 1. The minimum atomic E-state index is 0.713. The summed E-state index contributed by atoms with van der Waals surface area (Å²) in [5.41, 5.74) is 3.47. The van der Waals surface area contributed by atoms with Gasteiger partial charge in [0.05, 0.1) is 24.8 Å². The highest BCUT2D eigenvalue weighted by molar-refractivity contribution is 5.73. The van der Waals surface area contributed by atoms with Gasteiger partial charge in [-0.2, -0.15) is 9.61 Å². The van der Waals surface area contributed by atoms with E-state index in [-0.39, 0.29) is 0 Å². The molecule has 0 aliphatic carbocycles. The van der Waals surface area contributed by atoms with Gasteiger partial charge in [-0.25, -0.2) is 4.98 Å². The number of anilines is 1. The van der Waals surface area contributed by atoms with Crippen molar-refractivity contribution in [3.8, 4) is 17.0 Å². The maximum absolute atomic E-state index is 5.22. The van der Waals surface area contributed by atoms with Gasteiger partial charge in [0.2, 0.25) is 5.65 Å². The Kier molecular flexibility index (Phi) is 4.46. The van der Waals surface area contributed by atoms with Crippen LogP contribution in [0.1, 0.15) is 6.42 Å². The Morgan fingerprint density at radius 1 is 1.15 bits per heavy atom. The lowest BCUT2D eigenvalue weighted by Crippen LogP contribution is -2.08. The zero-order valence-electron chi connectivity index (χ0n) is 14.4. The quantitative estimate of drug-likeness (QED) is 0.516. The van der Waals surface area contributed by atoms with E-state index in [4.69, 9.17) is 4.74 Å². The van der Waals surface area contributed by atoms with Crippen LogP contribution in [-0.4, -0.2) is 43.0 Å². The molecule has 8 nitrogen and oxygen atoms in total. The first-order valence-corrected chi connectivity index (χ1v) is 8.38. The van der Waals surface area contributed by atoms with E-state index in [0.29, 0.717) is 5.65 Å². The van der Waals surface area contributed by atoms with Crippen molar-refractivity contribution in [2.24, 2.45) is 0 Å². The van der Waals surface area contributed by atoms with Crippen LogP contribution in [0.3, 0.4) is 0 Å². The number of ether oxygens (including phenoxy) is 1. The molecule has 26 heavy (non-hydrogen) atoms.